The molecular formula is C10H17N3O. The van der Waals surface area contributed by atoms with Gasteiger partial charge in [0.2, 0.25) is 0 Å². The molecule has 2 rings (SSSR count). The number of nitrogen functional groups attached to an aromatic ring is 1. The molecule has 0 bridgehead atoms. The second-order valence-corrected chi connectivity index (χ2v) is 3.78. The summed E-state index contributed by atoms with van der Waals surface area (Å²) < 4.78 is 5.17. The standard InChI is InChI=1S/C10H17N3O/c1-8-9(7-14-10(8)11)6-13-4-2-12-3-5-13/h7,12H,2-6,11H2,1H3. The summed E-state index contributed by atoms with van der Waals surface area (Å²) >= 11 is 0. The van der Waals surface area contributed by atoms with Crippen molar-refractivity contribution in [1.29, 1.82) is 0 Å². The Balaban J connectivity index is 1.99. The molecule has 0 radical (unpaired) electrons. The lowest BCUT2D eigenvalue weighted by Crippen LogP contribution is -2.42. The van der Waals surface area contributed by atoms with E-state index in [-0.39, 0.29) is 0 Å². The SMILES string of the molecule is Cc1c(CN2CCNCC2)coc1N. The maximum atomic E-state index is 5.65. The van der Waals surface area contributed by atoms with Gasteiger partial charge in [-0.25, -0.2) is 0 Å². The van der Waals surface area contributed by atoms with Gasteiger partial charge in [-0.15, -0.1) is 0 Å². The second kappa shape index (κ2) is 4.02. The summed E-state index contributed by atoms with van der Waals surface area (Å²) in [7, 11) is 0. The molecule has 0 spiro atoms. The van der Waals surface area contributed by atoms with Gasteiger partial charge in [-0.3, -0.25) is 4.90 Å². The van der Waals surface area contributed by atoms with Gasteiger partial charge in [0.15, 0.2) is 5.88 Å². The zero-order valence-corrected chi connectivity index (χ0v) is 8.55. The number of furan rings is 1. The number of nitrogens with two attached hydrogens (primary N) is 1. The van der Waals surface area contributed by atoms with E-state index in [1.165, 1.54) is 5.56 Å². The normalized spacial score (nSPS) is 18.6. The number of anilines is 1. The largest absolute Gasteiger partial charge is 0.449 e. The van der Waals surface area contributed by atoms with Gasteiger partial charge in [-0.1, -0.05) is 0 Å². The predicted octanol–water partition coefficient (Wildman–Crippen LogP) is 0.575. The Morgan fingerprint density at radius 2 is 2.21 bits per heavy atom. The van der Waals surface area contributed by atoms with Crippen LogP contribution in [-0.2, 0) is 6.54 Å². The van der Waals surface area contributed by atoms with Crippen molar-refractivity contribution in [3.8, 4) is 0 Å². The lowest BCUT2D eigenvalue weighted by atomic mass is 10.2. The number of hydrogen-bond donors (Lipinski definition) is 2. The fourth-order valence-electron chi connectivity index (χ4n) is 1.74. The Morgan fingerprint density at radius 1 is 1.50 bits per heavy atom. The second-order valence-electron chi connectivity index (χ2n) is 3.78. The van der Waals surface area contributed by atoms with E-state index in [2.05, 4.69) is 10.2 Å². The van der Waals surface area contributed by atoms with Gasteiger partial charge in [-0.05, 0) is 6.92 Å². The van der Waals surface area contributed by atoms with Gasteiger partial charge in [0, 0.05) is 43.9 Å². The number of nitrogens with zero attached hydrogens (tertiary/aromatic N) is 1. The molecular weight excluding hydrogens is 178 g/mol. The van der Waals surface area contributed by atoms with Crippen molar-refractivity contribution < 1.29 is 4.42 Å². The van der Waals surface area contributed by atoms with Crippen molar-refractivity contribution in [2.75, 3.05) is 31.9 Å². The summed E-state index contributed by atoms with van der Waals surface area (Å²) in [5.74, 6) is 0.551. The zero-order valence-electron chi connectivity index (χ0n) is 8.55. The van der Waals surface area contributed by atoms with Crippen LogP contribution >= 0.6 is 0 Å². The van der Waals surface area contributed by atoms with Crippen molar-refractivity contribution in [3.05, 3.63) is 17.4 Å². The van der Waals surface area contributed by atoms with Gasteiger partial charge in [0.1, 0.15) is 0 Å². The maximum Gasteiger partial charge on any atom is 0.193 e. The van der Waals surface area contributed by atoms with Crippen molar-refractivity contribution in [2.45, 2.75) is 13.5 Å². The number of hydrogen-bond acceptors (Lipinski definition) is 4. The van der Waals surface area contributed by atoms with E-state index in [1.807, 2.05) is 6.92 Å². The molecule has 2 heterocycles. The van der Waals surface area contributed by atoms with Crippen LogP contribution in [0.25, 0.3) is 0 Å². The molecule has 0 aliphatic carbocycles. The average Bonchev–Trinajstić information content (AvgIpc) is 2.52. The minimum Gasteiger partial charge on any atom is -0.449 e. The summed E-state index contributed by atoms with van der Waals surface area (Å²) in [6.45, 7) is 7.32. The maximum absolute atomic E-state index is 5.65. The van der Waals surface area contributed by atoms with Gasteiger partial charge < -0.3 is 15.5 Å². The van der Waals surface area contributed by atoms with Crippen LogP contribution in [-0.4, -0.2) is 31.1 Å². The predicted molar refractivity (Wildman–Crippen MR) is 56.0 cm³/mol. The third kappa shape index (κ3) is 1.91. The van der Waals surface area contributed by atoms with Gasteiger partial charge in [-0.2, -0.15) is 0 Å². The highest BCUT2D eigenvalue weighted by Gasteiger charge is 2.13. The molecule has 14 heavy (non-hydrogen) atoms. The summed E-state index contributed by atoms with van der Waals surface area (Å²) in [4.78, 5) is 2.41. The first-order chi connectivity index (χ1) is 6.77. The molecule has 78 valence electrons. The minimum atomic E-state index is 0.551. The van der Waals surface area contributed by atoms with E-state index in [1.54, 1.807) is 6.26 Å². The van der Waals surface area contributed by atoms with Crippen molar-refractivity contribution in [1.82, 2.24) is 10.2 Å². The van der Waals surface area contributed by atoms with Crippen LogP contribution in [0.15, 0.2) is 10.7 Å². The Bertz CT molecular complexity index is 302. The van der Waals surface area contributed by atoms with Gasteiger partial charge in [0.25, 0.3) is 0 Å². The Kier molecular flexibility index (Phi) is 2.74. The molecule has 1 aliphatic heterocycles. The number of rotatable bonds is 2. The molecule has 0 unspecified atom stereocenters. The topological polar surface area (TPSA) is 54.4 Å². The Labute approximate surface area is 84.1 Å². The summed E-state index contributed by atoms with van der Waals surface area (Å²) in [6, 6.07) is 0. The first-order valence-corrected chi connectivity index (χ1v) is 5.03. The van der Waals surface area contributed by atoms with Crippen LogP contribution in [0.3, 0.4) is 0 Å². The molecule has 4 heteroatoms. The molecule has 1 aromatic rings. The van der Waals surface area contributed by atoms with E-state index >= 15 is 0 Å². The van der Waals surface area contributed by atoms with Crippen LogP contribution in [0.2, 0.25) is 0 Å². The van der Waals surface area contributed by atoms with E-state index in [9.17, 15) is 0 Å². The lowest BCUT2D eigenvalue weighted by Gasteiger charge is -2.26. The van der Waals surface area contributed by atoms with E-state index in [4.69, 9.17) is 10.2 Å². The molecule has 1 saturated heterocycles. The van der Waals surface area contributed by atoms with Crippen LogP contribution in [0.1, 0.15) is 11.1 Å². The monoisotopic (exact) mass is 195 g/mol. The number of nitrogens with one attached hydrogen (secondary N) is 1. The first kappa shape index (κ1) is 9.55. The van der Waals surface area contributed by atoms with Crippen LogP contribution in [0, 0.1) is 6.92 Å². The zero-order chi connectivity index (χ0) is 9.97. The van der Waals surface area contributed by atoms with E-state index < -0.39 is 0 Å². The molecule has 0 amide bonds. The fraction of sp³-hybridized carbons (Fsp3) is 0.600. The van der Waals surface area contributed by atoms with E-state index in [0.717, 1.165) is 38.3 Å². The molecule has 0 saturated carbocycles. The fourth-order valence-corrected chi connectivity index (χ4v) is 1.74. The highest BCUT2D eigenvalue weighted by Crippen LogP contribution is 2.19. The molecule has 1 fully saturated rings. The first-order valence-electron chi connectivity index (χ1n) is 5.03. The third-order valence-corrected chi connectivity index (χ3v) is 2.78. The van der Waals surface area contributed by atoms with Crippen LogP contribution < -0.4 is 11.1 Å². The smallest absolute Gasteiger partial charge is 0.193 e. The van der Waals surface area contributed by atoms with E-state index in [0.29, 0.717) is 5.88 Å². The van der Waals surface area contributed by atoms with Gasteiger partial charge >= 0.3 is 0 Å². The Morgan fingerprint density at radius 3 is 2.79 bits per heavy atom. The molecule has 4 nitrogen and oxygen atoms in total. The van der Waals surface area contributed by atoms with Crippen molar-refractivity contribution in [2.24, 2.45) is 0 Å². The van der Waals surface area contributed by atoms with Crippen LogP contribution in [0.5, 0.6) is 0 Å². The van der Waals surface area contributed by atoms with Crippen molar-refractivity contribution in [3.63, 3.8) is 0 Å². The molecule has 0 aromatic carbocycles. The average molecular weight is 195 g/mol. The molecule has 1 aliphatic rings. The van der Waals surface area contributed by atoms with Crippen LogP contribution in [0.4, 0.5) is 5.88 Å². The summed E-state index contributed by atoms with van der Waals surface area (Å²) in [5, 5.41) is 3.33. The van der Waals surface area contributed by atoms with Crippen molar-refractivity contribution >= 4 is 5.88 Å². The quantitative estimate of drug-likeness (QED) is 0.724. The Hall–Kier alpha value is -1.00. The van der Waals surface area contributed by atoms with Gasteiger partial charge in [0.05, 0.1) is 6.26 Å². The molecule has 0 atom stereocenters. The molecule has 3 N–H and O–H groups in total. The number of piperazine rings is 1. The minimum absolute atomic E-state index is 0.551. The highest BCUT2D eigenvalue weighted by atomic mass is 16.3. The molecule has 1 aromatic heterocycles. The summed E-state index contributed by atoms with van der Waals surface area (Å²) in [6.07, 6.45) is 1.77. The lowest BCUT2D eigenvalue weighted by molar-refractivity contribution is 0.232. The summed E-state index contributed by atoms with van der Waals surface area (Å²) in [5.41, 5.74) is 7.95. The third-order valence-electron chi connectivity index (χ3n) is 2.78. The highest BCUT2D eigenvalue weighted by molar-refractivity contribution is 5.40.